The Labute approximate surface area is 127 Å². The van der Waals surface area contributed by atoms with Crippen LogP contribution in [0.5, 0.6) is 0 Å². The van der Waals surface area contributed by atoms with Crippen LogP contribution in [-0.4, -0.2) is 55.2 Å². The number of hydrogen-bond acceptors (Lipinski definition) is 5. The molecule has 0 saturated carbocycles. The average molecular weight is 305 g/mol. The number of benzene rings is 1. The molecule has 0 atom stereocenters. The van der Waals surface area contributed by atoms with Gasteiger partial charge in [0.25, 0.3) is 0 Å². The Hall–Kier alpha value is -1.86. The molecule has 2 aromatic rings. The normalized spacial score (nSPS) is 16.4. The number of nitrogens with one attached hydrogen (secondary N) is 1. The van der Waals surface area contributed by atoms with E-state index in [9.17, 15) is 0 Å². The molecule has 6 nitrogen and oxygen atoms in total. The minimum Gasteiger partial charge on any atom is -0.378 e. The standard InChI is InChI=1S/C14H19N5OS/c15-13(19-7-9-20-10-8-19)16-5-6-17-14-18-11-3-1-2-4-12(11)21-14/h1-4H,5-10H2,(H2,15,16)(H,17,18). The van der Waals surface area contributed by atoms with E-state index in [2.05, 4.69) is 26.3 Å². The predicted octanol–water partition coefficient (Wildman–Crippen LogP) is 1.36. The van der Waals surface area contributed by atoms with Gasteiger partial charge in [-0.2, -0.15) is 0 Å². The minimum atomic E-state index is 0.601. The zero-order valence-corrected chi connectivity index (χ0v) is 12.6. The Bertz CT molecular complexity index is 588. The maximum absolute atomic E-state index is 5.97. The number of nitrogens with two attached hydrogens (primary N) is 1. The third-order valence-corrected chi connectivity index (χ3v) is 4.28. The predicted molar refractivity (Wildman–Crippen MR) is 87.0 cm³/mol. The van der Waals surface area contributed by atoms with E-state index in [0.29, 0.717) is 12.5 Å². The molecule has 0 amide bonds. The highest BCUT2D eigenvalue weighted by Gasteiger charge is 2.11. The first-order chi connectivity index (χ1) is 10.3. The Kier molecular flexibility index (Phi) is 4.52. The topological polar surface area (TPSA) is 75.8 Å². The van der Waals surface area contributed by atoms with Crippen LogP contribution in [0, 0.1) is 0 Å². The first kappa shape index (κ1) is 14.1. The number of anilines is 1. The van der Waals surface area contributed by atoms with Crippen molar-refractivity contribution in [2.45, 2.75) is 0 Å². The lowest BCUT2D eigenvalue weighted by Gasteiger charge is -2.27. The number of guanidine groups is 1. The lowest BCUT2D eigenvalue weighted by Crippen LogP contribution is -2.45. The molecule has 0 unspecified atom stereocenters. The summed E-state index contributed by atoms with van der Waals surface area (Å²) < 4.78 is 6.48. The molecule has 0 spiro atoms. The molecule has 112 valence electrons. The molecule has 1 saturated heterocycles. The second kappa shape index (κ2) is 6.73. The molecule has 1 aliphatic rings. The third kappa shape index (κ3) is 3.62. The van der Waals surface area contributed by atoms with Crippen LogP contribution in [0.15, 0.2) is 29.3 Å². The van der Waals surface area contributed by atoms with Gasteiger partial charge in [-0.1, -0.05) is 23.5 Å². The van der Waals surface area contributed by atoms with E-state index in [4.69, 9.17) is 10.5 Å². The highest BCUT2D eigenvalue weighted by Crippen LogP contribution is 2.24. The molecular formula is C14H19N5OS. The van der Waals surface area contributed by atoms with Gasteiger partial charge in [0.1, 0.15) is 0 Å². The summed E-state index contributed by atoms with van der Waals surface area (Å²) in [6, 6.07) is 8.12. The van der Waals surface area contributed by atoms with Gasteiger partial charge in [0.2, 0.25) is 0 Å². The fourth-order valence-electron chi connectivity index (χ4n) is 2.17. The van der Waals surface area contributed by atoms with Crippen LogP contribution in [0.1, 0.15) is 0 Å². The van der Waals surface area contributed by atoms with Crippen molar-refractivity contribution in [3.05, 3.63) is 24.3 Å². The number of aromatic nitrogens is 1. The van der Waals surface area contributed by atoms with Gasteiger partial charge in [-0.3, -0.25) is 4.99 Å². The first-order valence-electron chi connectivity index (χ1n) is 7.05. The summed E-state index contributed by atoms with van der Waals surface area (Å²) in [6.07, 6.45) is 0. The lowest BCUT2D eigenvalue weighted by molar-refractivity contribution is 0.0674. The van der Waals surface area contributed by atoms with Crippen LogP contribution in [0.2, 0.25) is 0 Å². The number of para-hydroxylation sites is 1. The monoisotopic (exact) mass is 305 g/mol. The zero-order valence-electron chi connectivity index (χ0n) is 11.8. The molecule has 21 heavy (non-hydrogen) atoms. The molecule has 0 aliphatic carbocycles. The van der Waals surface area contributed by atoms with Gasteiger partial charge in [0.15, 0.2) is 11.1 Å². The molecule has 2 heterocycles. The highest BCUT2D eigenvalue weighted by molar-refractivity contribution is 7.22. The van der Waals surface area contributed by atoms with E-state index in [0.717, 1.165) is 43.5 Å². The number of nitrogens with zero attached hydrogens (tertiary/aromatic N) is 3. The Morgan fingerprint density at radius 2 is 2.19 bits per heavy atom. The fraction of sp³-hybridized carbons (Fsp3) is 0.429. The lowest BCUT2D eigenvalue weighted by atomic mass is 10.3. The number of thiazole rings is 1. The molecule has 1 fully saturated rings. The SMILES string of the molecule is NC(=NCCNc1nc2ccccc2s1)N1CCOCC1. The molecule has 0 radical (unpaired) electrons. The van der Waals surface area contributed by atoms with Crippen molar-refractivity contribution in [3.8, 4) is 0 Å². The summed E-state index contributed by atoms with van der Waals surface area (Å²) in [5, 5.41) is 4.22. The summed E-state index contributed by atoms with van der Waals surface area (Å²) in [4.78, 5) is 11.0. The summed E-state index contributed by atoms with van der Waals surface area (Å²) in [5.41, 5.74) is 7.00. The summed E-state index contributed by atoms with van der Waals surface area (Å²) in [6.45, 7) is 4.45. The maximum Gasteiger partial charge on any atom is 0.191 e. The van der Waals surface area contributed by atoms with Crippen molar-refractivity contribution >= 4 is 32.6 Å². The van der Waals surface area contributed by atoms with Gasteiger partial charge in [0.05, 0.1) is 30.0 Å². The summed E-state index contributed by atoms with van der Waals surface area (Å²) >= 11 is 1.66. The number of rotatable bonds is 4. The minimum absolute atomic E-state index is 0.601. The van der Waals surface area contributed by atoms with Crippen LogP contribution in [0.4, 0.5) is 5.13 Å². The summed E-state index contributed by atoms with van der Waals surface area (Å²) in [5.74, 6) is 0.601. The van der Waals surface area contributed by atoms with Crippen molar-refractivity contribution in [1.82, 2.24) is 9.88 Å². The van der Waals surface area contributed by atoms with Crippen LogP contribution in [-0.2, 0) is 4.74 Å². The van der Waals surface area contributed by atoms with Crippen molar-refractivity contribution in [2.24, 2.45) is 10.7 Å². The molecule has 0 bridgehead atoms. The van der Waals surface area contributed by atoms with Crippen molar-refractivity contribution < 1.29 is 4.74 Å². The molecule has 3 rings (SSSR count). The molecule has 7 heteroatoms. The first-order valence-corrected chi connectivity index (χ1v) is 7.86. The van der Waals surface area contributed by atoms with Crippen molar-refractivity contribution in [3.63, 3.8) is 0 Å². The number of hydrogen-bond donors (Lipinski definition) is 2. The van der Waals surface area contributed by atoms with Gasteiger partial charge in [0, 0.05) is 19.6 Å². The van der Waals surface area contributed by atoms with Gasteiger partial charge >= 0.3 is 0 Å². The van der Waals surface area contributed by atoms with E-state index in [1.807, 2.05) is 18.2 Å². The van der Waals surface area contributed by atoms with Crippen LogP contribution >= 0.6 is 11.3 Å². The Morgan fingerprint density at radius 1 is 1.38 bits per heavy atom. The van der Waals surface area contributed by atoms with E-state index in [-0.39, 0.29) is 0 Å². The quantitative estimate of drug-likeness (QED) is 0.507. The molecular weight excluding hydrogens is 286 g/mol. The number of aliphatic imine (C=N–C) groups is 1. The van der Waals surface area contributed by atoms with E-state index in [1.54, 1.807) is 11.3 Å². The molecule has 3 N–H and O–H groups in total. The van der Waals surface area contributed by atoms with E-state index >= 15 is 0 Å². The number of morpholine rings is 1. The van der Waals surface area contributed by atoms with Crippen LogP contribution in [0.3, 0.4) is 0 Å². The third-order valence-electron chi connectivity index (χ3n) is 3.29. The van der Waals surface area contributed by atoms with Crippen molar-refractivity contribution in [2.75, 3.05) is 44.7 Å². The highest BCUT2D eigenvalue weighted by atomic mass is 32.1. The van der Waals surface area contributed by atoms with Crippen LogP contribution < -0.4 is 11.1 Å². The van der Waals surface area contributed by atoms with E-state index in [1.165, 1.54) is 4.70 Å². The molecule has 1 aliphatic heterocycles. The van der Waals surface area contributed by atoms with Gasteiger partial charge in [-0.15, -0.1) is 0 Å². The smallest absolute Gasteiger partial charge is 0.191 e. The number of ether oxygens (including phenoxy) is 1. The van der Waals surface area contributed by atoms with Gasteiger partial charge in [-0.05, 0) is 12.1 Å². The van der Waals surface area contributed by atoms with Crippen LogP contribution in [0.25, 0.3) is 10.2 Å². The van der Waals surface area contributed by atoms with Crippen molar-refractivity contribution in [1.29, 1.82) is 0 Å². The second-order valence-corrected chi connectivity index (χ2v) is 5.78. The second-order valence-electron chi connectivity index (χ2n) is 4.75. The largest absolute Gasteiger partial charge is 0.378 e. The maximum atomic E-state index is 5.97. The van der Waals surface area contributed by atoms with Gasteiger partial charge in [-0.25, -0.2) is 4.98 Å². The number of fused-ring (bicyclic) bond motifs is 1. The van der Waals surface area contributed by atoms with E-state index < -0.39 is 0 Å². The molecule has 1 aromatic heterocycles. The zero-order chi connectivity index (χ0) is 14.5. The average Bonchev–Trinajstić information content (AvgIpc) is 2.95. The molecule has 1 aromatic carbocycles. The summed E-state index contributed by atoms with van der Waals surface area (Å²) in [7, 11) is 0. The fourth-order valence-corrected chi connectivity index (χ4v) is 3.06. The van der Waals surface area contributed by atoms with Gasteiger partial charge < -0.3 is 20.7 Å². The Morgan fingerprint density at radius 3 is 3.00 bits per heavy atom. The Balaban J connectivity index is 1.49.